The monoisotopic (exact) mass is 379 g/mol. The molecule has 3 rings (SSSR count). The normalized spacial score (nSPS) is 16.0. The Hall–Kier alpha value is -2.45. The standard InChI is InChI=1S/C17H21N5O3.ClH/c1-11-4-6-12(7-5-11)20-15(23)9-14-21-16(25-22-14)10-19-17(24)13-3-2-8-18-13;/h4-7,13,18H,2-3,8-10H2,1H3,(H,19,24)(H,20,23);1H. The fourth-order valence-corrected chi connectivity index (χ4v) is 2.61. The molecule has 0 saturated carbocycles. The van der Waals surface area contributed by atoms with Gasteiger partial charge in [0.1, 0.15) is 0 Å². The first-order valence-corrected chi connectivity index (χ1v) is 8.29. The predicted molar refractivity (Wildman–Crippen MR) is 97.9 cm³/mol. The van der Waals surface area contributed by atoms with Gasteiger partial charge in [-0.05, 0) is 38.4 Å². The minimum atomic E-state index is -0.226. The zero-order valence-corrected chi connectivity index (χ0v) is 15.3. The van der Waals surface area contributed by atoms with E-state index in [0.29, 0.717) is 0 Å². The summed E-state index contributed by atoms with van der Waals surface area (Å²) < 4.78 is 5.07. The molecule has 1 saturated heterocycles. The number of aromatic nitrogens is 2. The van der Waals surface area contributed by atoms with Crippen molar-refractivity contribution in [1.82, 2.24) is 20.8 Å². The van der Waals surface area contributed by atoms with Crippen LogP contribution in [0, 0.1) is 6.92 Å². The van der Waals surface area contributed by atoms with Gasteiger partial charge in [-0.3, -0.25) is 9.59 Å². The molecular weight excluding hydrogens is 358 g/mol. The van der Waals surface area contributed by atoms with Gasteiger partial charge in [-0.1, -0.05) is 22.9 Å². The molecule has 26 heavy (non-hydrogen) atoms. The number of nitrogens with zero attached hydrogens (tertiary/aromatic N) is 2. The minimum absolute atomic E-state index is 0. The zero-order valence-electron chi connectivity index (χ0n) is 14.4. The maximum Gasteiger partial charge on any atom is 0.246 e. The summed E-state index contributed by atoms with van der Waals surface area (Å²) in [5.41, 5.74) is 1.84. The highest BCUT2D eigenvalue weighted by molar-refractivity contribution is 5.91. The number of hydrogen-bond donors (Lipinski definition) is 3. The number of carbonyl (C=O) groups is 2. The number of amides is 2. The lowest BCUT2D eigenvalue weighted by Crippen LogP contribution is -2.40. The van der Waals surface area contributed by atoms with E-state index < -0.39 is 0 Å². The average molecular weight is 380 g/mol. The van der Waals surface area contributed by atoms with Crippen molar-refractivity contribution in [1.29, 1.82) is 0 Å². The molecule has 3 N–H and O–H groups in total. The van der Waals surface area contributed by atoms with Crippen LogP contribution in [0.2, 0.25) is 0 Å². The number of rotatable bonds is 6. The number of aryl methyl sites for hydroxylation is 1. The van der Waals surface area contributed by atoms with E-state index in [9.17, 15) is 9.59 Å². The van der Waals surface area contributed by atoms with Crippen molar-refractivity contribution in [3.05, 3.63) is 41.5 Å². The Morgan fingerprint density at radius 2 is 2.08 bits per heavy atom. The van der Waals surface area contributed by atoms with Crippen LogP contribution < -0.4 is 16.0 Å². The molecule has 1 atom stereocenters. The van der Waals surface area contributed by atoms with Crippen molar-refractivity contribution in [2.75, 3.05) is 11.9 Å². The van der Waals surface area contributed by atoms with E-state index in [0.717, 1.165) is 30.6 Å². The Kier molecular flexibility index (Phi) is 7.11. The van der Waals surface area contributed by atoms with Crippen LogP contribution in [-0.4, -0.2) is 34.5 Å². The van der Waals surface area contributed by atoms with Gasteiger partial charge in [-0.15, -0.1) is 12.4 Å². The Morgan fingerprint density at radius 3 is 2.77 bits per heavy atom. The van der Waals surface area contributed by atoms with Crippen molar-refractivity contribution in [2.24, 2.45) is 0 Å². The number of nitrogens with one attached hydrogen (secondary N) is 3. The second kappa shape index (κ2) is 9.30. The molecule has 1 aromatic carbocycles. The van der Waals surface area contributed by atoms with Gasteiger partial charge in [-0.25, -0.2) is 0 Å². The smallest absolute Gasteiger partial charge is 0.246 e. The molecular formula is C17H22ClN5O3. The summed E-state index contributed by atoms with van der Waals surface area (Å²) in [6.07, 6.45) is 1.84. The molecule has 0 bridgehead atoms. The van der Waals surface area contributed by atoms with Crippen LogP contribution in [0.5, 0.6) is 0 Å². The Morgan fingerprint density at radius 1 is 1.31 bits per heavy atom. The SMILES string of the molecule is Cc1ccc(NC(=O)Cc2noc(CNC(=O)C3CCCN3)n2)cc1.Cl. The van der Waals surface area contributed by atoms with Crippen LogP contribution in [0.4, 0.5) is 5.69 Å². The van der Waals surface area contributed by atoms with Gasteiger partial charge in [0.05, 0.1) is 19.0 Å². The van der Waals surface area contributed by atoms with E-state index in [4.69, 9.17) is 4.52 Å². The van der Waals surface area contributed by atoms with Crippen molar-refractivity contribution in [3.8, 4) is 0 Å². The lowest BCUT2D eigenvalue weighted by molar-refractivity contribution is -0.123. The molecule has 1 aliphatic rings. The zero-order chi connectivity index (χ0) is 17.6. The fourth-order valence-electron chi connectivity index (χ4n) is 2.61. The van der Waals surface area contributed by atoms with Crippen molar-refractivity contribution >= 4 is 29.9 Å². The third-order valence-corrected chi connectivity index (χ3v) is 3.95. The van der Waals surface area contributed by atoms with Crippen molar-refractivity contribution < 1.29 is 14.1 Å². The molecule has 1 unspecified atom stereocenters. The van der Waals surface area contributed by atoms with Gasteiger partial charge < -0.3 is 20.5 Å². The van der Waals surface area contributed by atoms with Crippen molar-refractivity contribution in [2.45, 2.75) is 38.8 Å². The van der Waals surface area contributed by atoms with Crippen LogP contribution in [0.3, 0.4) is 0 Å². The molecule has 0 aliphatic carbocycles. The summed E-state index contributed by atoms with van der Waals surface area (Å²) in [4.78, 5) is 28.0. The van der Waals surface area contributed by atoms with Gasteiger partial charge in [0.15, 0.2) is 5.82 Å². The molecule has 1 fully saturated rings. The lowest BCUT2D eigenvalue weighted by Gasteiger charge is -2.08. The fraction of sp³-hybridized carbons (Fsp3) is 0.412. The van der Waals surface area contributed by atoms with Crippen LogP contribution in [0.1, 0.15) is 30.1 Å². The average Bonchev–Trinajstić information content (AvgIpc) is 3.26. The largest absolute Gasteiger partial charge is 0.346 e. The molecule has 2 aromatic rings. The molecule has 2 amide bonds. The van der Waals surface area contributed by atoms with Crippen LogP contribution in [0.25, 0.3) is 0 Å². The topological polar surface area (TPSA) is 109 Å². The summed E-state index contributed by atoms with van der Waals surface area (Å²) in [7, 11) is 0. The summed E-state index contributed by atoms with van der Waals surface area (Å²) in [6, 6.07) is 7.36. The second-order valence-electron chi connectivity index (χ2n) is 6.06. The Balaban J connectivity index is 0.00000243. The lowest BCUT2D eigenvalue weighted by atomic mass is 10.2. The molecule has 1 aliphatic heterocycles. The summed E-state index contributed by atoms with van der Waals surface area (Å²) in [5, 5.41) is 12.4. The minimum Gasteiger partial charge on any atom is -0.346 e. The van der Waals surface area contributed by atoms with E-state index in [1.807, 2.05) is 31.2 Å². The molecule has 140 valence electrons. The van der Waals surface area contributed by atoms with Crippen LogP contribution >= 0.6 is 12.4 Å². The molecule has 0 radical (unpaired) electrons. The number of anilines is 1. The number of carbonyl (C=O) groups excluding carboxylic acids is 2. The first-order valence-electron chi connectivity index (χ1n) is 8.29. The predicted octanol–water partition coefficient (Wildman–Crippen LogP) is 1.35. The van der Waals surface area contributed by atoms with Crippen LogP contribution in [0.15, 0.2) is 28.8 Å². The maximum atomic E-state index is 12.0. The van der Waals surface area contributed by atoms with Gasteiger partial charge in [0.2, 0.25) is 17.7 Å². The highest BCUT2D eigenvalue weighted by atomic mass is 35.5. The van der Waals surface area contributed by atoms with Gasteiger partial charge in [-0.2, -0.15) is 4.98 Å². The summed E-state index contributed by atoms with van der Waals surface area (Å²) >= 11 is 0. The molecule has 9 heteroatoms. The molecule has 8 nitrogen and oxygen atoms in total. The molecule has 1 aromatic heterocycles. The first-order chi connectivity index (χ1) is 12.1. The number of halogens is 1. The summed E-state index contributed by atoms with van der Waals surface area (Å²) in [5.74, 6) is 0.266. The number of hydrogen-bond acceptors (Lipinski definition) is 6. The molecule has 2 heterocycles. The third kappa shape index (κ3) is 5.53. The van der Waals surface area contributed by atoms with E-state index in [1.54, 1.807) is 0 Å². The highest BCUT2D eigenvalue weighted by Gasteiger charge is 2.22. The highest BCUT2D eigenvalue weighted by Crippen LogP contribution is 2.09. The van der Waals surface area contributed by atoms with E-state index >= 15 is 0 Å². The van der Waals surface area contributed by atoms with E-state index in [-0.39, 0.29) is 54.9 Å². The maximum absolute atomic E-state index is 12.0. The van der Waals surface area contributed by atoms with Gasteiger partial charge >= 0.3 is 0 Å². The summed E-state index contributed by atoms with van der Waals surface area (Å²) in [6.45, 7) is 3.00. The van der Waals surface area contributed by atoms with Gasteiger partial charge in [0.25, 0.3) is 0 Å². The first kappa shape index (κ1) is 19.9. The second-order valence-corrected chi connectivity index (χ2v) is 6.06. The van der Waals surface area contributed by atoms with Crippen LogP contribution in [-0.2, 0) is 22.6 Å². The Labute approximate surface area is 157 Å². The van der Waals surface area contributed by atoms with E-state index in [1.165, 1.54) is 0 Å². The quantitative estimate of drug-likeness (QED) is 0.699. The third-order valence-electron chi connectivity index (χ3n) is 3.95. The van der Waals surface area contributed by atoms with E-state index in [2.05, 4.69) is 26.1 Å². The molecule has 0 spiro atoms. The number of benzene rings is 1. The van der Waals surface area contributed by atoms with Crippen molar-refractivity contribution in [3.63, 3.8) is 0 Å². The Bertz CT molecular complexity index is 741. The van der Waals surface area contributed by atoms with Gasteiger partial charge in [0, 0.05) is 5.69 Å².